The van der Waals surface area contributed by atoms with E-state index in [1.54, 1.807) is 26.0 Å². The molecular formula is C14H19NO4S. The fourth-order valence-corrected chi connectivity index (χ4v) is 4.02. The third-order valence-electron chi connectivity index (χ3n) is 2.85. The van der Waals surface area contributed by atoms with Crippen LogP contribution in [0.3, 0.4) is 0 Å². The first-order valence-electron chi connectivity index (χ1n) is 6.10. The van der Waals surface area contributed by atoms with Crippen LogP contribution in [0.2, 0.25) is 0 Å². The van der Waals surface area contributed by atoms with Crippen molar-refractivity contribution in [3.05, 3.63) is 41.5 Å². The van der Waals surface area contributed by atoms with Gasteiger partial charge in [-0.15, -0.1) is 6.58 Å². The van der Waals surface area contributed by atoms with E-state index >= 15 is 0 Å². The maximum atomic E-state index is 12.6. The summed E-state index contributed by atoms with van der Waals surface area (Å²) >= 11 is 0. The van der Waals surface area contributed by atoms with E-state index in [0.717, 1.165) is 9.87 Å². The number of sulfonamides is 1. The molecule has 1 rings (SSSR count). The predicted octanol–water partition coefficient (Wildman–Crippen LogP) is 1.87. The number of benzene rings is 1. The maximum Gasteiger partial charge on any atom is 0.318 e. The molecular weight excluding hydrogens is 278 g/mol. The Morgan fingerprint density at radius 1 is 1.30 bits per heavy atom. The number of carboxylic acids is 1. The molecule has 110 valence electrons. The highest BCUT2D eigenvalue weighted by molar-refractivity contribution is 7.89. The molecule has 0 saturated heterocycles. The summed E-state index contributed by atoms with van der Waals surface area (Å²) in [4.78, 5) is 11.0. The largest absolute Gasteiger partial charge is 0.480 e. The summed E-state index contributed by atoms with van der Waals surface area (Å²) < 4.78 is 26.2. The summed E-state index contributed by atoms with van der Waals surface area (Å²) in [6.45, 7) is 8.15. The molecule has 0 aliphatic heterocycles. The number of carbonyl (C=O) groups is 1. The van der Waals surface area contributed by atoms with Crippen molar-refractivity contribution in [2.75, 3.05) is 13.1 Å². The third-order valence-corrected chi connectivity index (χ3v) is 4.96. The Kier molecular flexibility index (Phi) is 5.08. The van der Waals surface area contributed by atoms with Crippen molar-refractivity contribution in [3.8, 4) is 0 Å². The van der Waals surface area contributed by atoms with Gasteiger partial charge in [-0.3, -0.25) is 4.79 Å². The molecule has 0 radical (unpaired) electrons. The number of hydrogen-bond donors (Lipinski definition) is 1. The number of nitrogens with zero attached hydrogens (tertiary/aromatic N) is 1. The monoisotopic (exact) mass is 297 g/mol. The molecule has 6 heteroatoms. The third kappa shape index (κ3) is 3.46. The fraction of sp³-hybridized carbons (Fsp3) is 0.357. The second-order valence-corrected chi connectivity index (χ2v) is 6.58. The molecule has 0 unspecified atom stereocenters. The Labute approximate surface area is 119 Å². The first kappa shape index (κ1) is 16.4. The van der Waals surface area contributed by atoms with Crippen molar-refractivity contribution in [2.24, 2.45) is 0 Å². The molecule has 1 N–H and O–H groups in total. The SMILES string of the molecule is C=CCN(CC(=O)O)S(=O)(=O)c1c(C)cc(C)cc1C. The van der Waals surface area contributed by atoms with Gasteiger partial charge < -0.3 is 5.11 Å². The Balaban J connectivity index is 3.40. The van der Waals surface area contributed by atoms with Crippen LogP contribution in [0.25, 0.3) is 0 Å². The van der Waals surface area contributed by atoms with E-state index in [9.17, 15) is 13.2 Å². The van der Waals surface area contributed by atoms with Gasteiger partial charge in [0.2, 0.25) is 10.0 Å². The van der Waals surface area contributed by atoms with Gasteiger partial charge in [0.15, 0.2) is 0 Å². The summed E-state index contributed by atoms with van der Waals surface area (Å²) in [5.41, 5.74) is 2.19. The van der Waals surface area contributed by atoms with Crippen LogP contribution in [0, 0.1) is 20.8 Å². The van der Waals surface area contributed by atoms with Gasteiger partial charge in [-0.05, 0) is 31.9 Å². The minimum atomic E-state index is -3.86. The molecule has 1 aromatic carbocycles. The van der Waals surface area contributed by atoms with Crippen molar-refractivity contribution in [1.29, 1.82) is 0 Å². The number of hydrogen-bond acceptors (Lipinski definition) is 3. The van der Waals surface area contributed by atoms with Crippen LogP contribution in [0.1, 0.15) is 16.7 Å². The van der Waals surface area contributed by atoms with Crippen LogP contribution in [0.15, 0.2) is 29.7 Å². The summed E-state index contributed by atoms with van der Waals surface area (Å²) in [7, 11) is -3.86. The van der Waals surface area contributed by atoms with Crippen LogP contribution in [0.5, 0.6) is 0 Å². The van der Waals surface area contributed by atoms with Crippen LogP contribution >= 0.6 is 0 Å². The zero-order chi connectivity index (χ0) is 15.5. The topological polar surface area (TPSA) is 74.7 Å². The molecule has 0 bridgehead atoms. The van der Waals surface area contributed by atoms with Crippen molar-refractivity contribution in [1.82, 2.24) is 4.31 Å². The Morgan fingerprint density at radius 3 is 2.20 bits per heavy atom. The van der Waals surface area contributed by atoms with Gasteiger partial charge >= 0.3 is 5.97 Å². The van der Waals surface area contributed by atoms with E-state index in [4.69, 9.17) is 5.11 Å². The van der Waals surface area contributed by atoms with E-state index in [1.807, 2.05) is 6.92 Å². The van der Waals surface area contributed by atoms with Crippen molar-refractivity contribution >= 4 is 16.0 Å². The first-order valence-corrected chi connectivity index (χ1v) is 7.55. The van der Waals surface area contributed by atoms with Gasteiger partial charge in [0.1, 0.15) is 6.54 Å². The first-order chi connectivity index (χ1) is 9.20. The van der Waals surface area contributed by atoms with Crippen molar-refractivity contribution in [3.63, 3.8) is 0 Å². The van der Waals surface area contributed by atoms with Gasteiger partial charge in [0.25, 0.3) is 0 Å². The van der Waals surface area contributed by atoms with Gasteiger partial charge in [-0.2, -0.15) is 4.31 Å². The number of aliphatic carboxylic acids is 1. The van der Waals surface area contributed by atoms with Crippen LogP contribution in [-0.2, 0) is 14.8 Å². The molecule has 0 aliphatic rings. The lowest BCUT2D eigenvalue weighted by atomic mass is 10.1. The average Bonchev–Trinajstić information content (AvgIpc) is 2.25. The highest BCUT2D eigenvalue weighted by Crippen LogP contribution is 2.25. The molecule has 0 atom stereocenters. The minimum Gasteiger partial charge on any atom is -0.480 e. The van der Waals surface area contributed by atoms with Gasteiger partial charge in [-0.25, -0.2) is 8.42 Å². The lowest BCUT2D eigenvalue weighted by Crippen LogP contribution is -2.36. The maximum absolute atomic E-state index is 12.6. The van der Waals surface area contributed by atoms with Crippen molar-refractivity contribution in [2.45, 2.75) is 25.7 Å². The van der Waals surface area contributed by atoms with E-state index in [1.165, 1.54) is 6.08 Å². The lowest BCUT2D eigenvalue weighted by molar-refractivity contribution is -0.137. The molecule has 5 nitrogen and oxygen atoms in total. The molecule has 0 aromatic heterocycles. The summed E-state index contributed by atoms with van der Waals surface area (Å²) in [6.07, 6.45) is 1.37. The standard InChI is InChI=1S/C14H19NO4S/c1-5-6-15(9-13(16)17)20(18,19)14-11(3)7-10(2)8-12(14)4/h5,7-8H,1,6,9H2,2-4H3,(H,16,17). The van der Waals surface area contributed by atoms with Gasteiger partial charge in [0, 0.05) is 6.54 Å². The smallest absolute Gasteiger partial charge is 0.318 e. The highest BCUT2D eigenvalue weighted by atomic mass is 32.2. The second-order valence-electron chi connectivity index (χ2n) is 4.71. The molecule has 0 saturated carbocycles. The average molecular weight is 297 g/mol. The molecule has 0 aliphatic carbocycles. The van der Waals surface area contributed by atoms with Crippen molar-refractivity contribution < 1.29 is 18.3 Å². The fourth-order valence-electron chi connectivity index (χ4n) is 2.25. The van der Waals surface area contributed by atoms with E-state index in [-0.39, 0.29) is 11.4 Å². The Hall–Kier alpha value is -1.66. The zero-order valence-corrected chi connectivity index (χ0v) is 12.7. The number of rotatable bonds is 6. The summed E-state index contributed by atoms with van der Waals surface area (Å²) in [6, 6.07) is 3.54. The van der Waals surface area contributed by atoms with E-state index in [0.29, 0.717) is 11.1 Å². The predicted molar refractivity (Wildman–Crippen MR) is 77.2 cm³/mol. The molecule has 0 heterocycles. The zero-order valence-electron chi connectivity index (χ0n) is 11.9. The van der Waals surface area contributed by atoms with Crippen LogP contribution in [0.4, 0.5) is 0 Å². The lowest BCUT2D eigenvalue weighted by Gasteiger charge is -2.21. The highest BCUT2D eigenvalue weighted by Gasteiger charge is 2.28. The van der Waals surface area contributed by atoms with Gasteiger partial charge in [0.05, 0.1) is 4.90 Å². The summed E-state index contributed by atoms with van der Waals surface area (Å²) in [5, 5.41) is 8.86. The van der Waals surface area contributed by atoms with E-state index in [2.05, 4.69) is 6.58 Å². The quantitative estimate of drug-likeness (QED) is 0.813. The van der Waals surface area contributed by atoms with Gasteiger partial charge in [-0.1, -0.05) is 23.8 Å². The number of carboxylic acid groups (broad SMARTS) is 1. The van der Waals surface area contributed by atoms with E-state index < -0.39 is 22.5 Å². The van der Waals surface area contributed by atoms with Crippen LogP contribution < -0.4 is 0 Å². The molecule has 1 aromatic rings. The molecule has 0 spiro atoms. The number of aryl methyl sites for hydroxylation is 3. The van der Waals surface area contributed by atoms with Crippen LogP contribution in [-0.4, -0.2) is 36.9 Å². The minimum absolute atomic E-state index is 0.0403. The Morgan fingerprint density at radius 2 is 1.80 bits per heavy atom. The molecule has 0 fully saturated rings. The Bertz CT molecular complexity index is 612. The normalized spacial score (nSPS) is 11.6. The second kappa shape index (κ2) is 6.19. The molecule has 0 amide bonds. The summed E-state index contributed by atoms with van der Waals surface area (Å²) in [5.74, 6) is -1.20. The molecule has 20 heavy (non-hydrogen) atoms.